The molecule has 0 radical (unpaired) electrons. The topological polar surface area (TPSA) is 0 Å². The van der Waals surface area contributed by atoms with Crippen molar-refractivity contribution in [3.05, 3.63) is 36.0 Å². The lowest BCUT2D eigenvalue weighted by Gasteiger charge is -2.20. The van der Waals surface area contributed by atoms with E-state index in [0.29, 0.717) is 17.8 Å². The van der Waals surface area contributed by atoms with E-state index in [1.807, 2.05) is 0 Å². The van der Waals surface area contributed by atoms with Gasteiger partial charge in [0, 0.05) is 0 Å². The van der Waals surface area contributed by atoms with Crippen LogP contribution < -0.4 is 0 Å². The smallest absolute Gasteiger partial charge is 0.0229 e. The predicted octanol–water partition coefficient (Wildman–Crippen LogP) is 6.80. The molecular weight excluding hydrogens is 240 g/mol. The lowest BCUT2D eigenvalue weighted by Crippen LogP contribution is -2.09. The molecule has 0 saturated carbocycles. The minimum atomic E-state index is 0.666. The summed E-state index contributed by atoms with van der Waals surface area (Å²) in [4.78, 5) is 0. The third kappa shape index (κ3) is 8.40. The zero-order chi connectivity index (χ0) is 15.5. The molecule has 0 heterocycles. The summed E-state index contributed by atoms with van der Waals surface area (Å²) in [5.41, 5.74) is 1.58. The van der Waals surface area contributed by atoms with Gasteiger partial charge < -0.3 is 0 Å². The van der Waals surface area contributed by atoms with Crippen molar-refractivity contribution >= 4 is 0 Å². The Morgan fingerprint density at radius 1 is 0.950 bits per heavy atom. The van der Waals surface area contributed by atoms with E-state index in [2.05, 4.69) is 78.8 Å². The minimum Gasteiger partial charge on any atom is -0.0877 e. The van der Waals surface area contributed by atoms with Crippen LogP contribution in [-0.4, -0.2) is 0 Å². The average molecular weight is 277 g/mol. The highest BCUT2D eigenvalue weighted by Gasteiger charge is 2.13. The standard InChI is InChI=1S/C20H36/c1-8-10-11-20(9-2)19(7)15-14-18(6)17(5)13-12-16(3)4/h8,10-13,16-19H,9,14-15H2,1-7H3/b10-8-,13-12-,20-11+. The molecule has 0 aromatic carbocycles. The van der Waals surface area contributed by atoms with Crippen LogP contribution in [0.25, 0.3) is 0 Å². The molecule has 0 fully saturated rings. The van der Waals surface area contributed by atoms with Gasteiger partial charge in [0.15, 0.2) is 0 Å². The number of hydrogen-bond acceptors (Lipinski definition) is 0. The molecule has 0 amide bonds. The Morgan fingerprint density at radius 3 is 2.10 bits per heavy atom. The summed E-state index contributed by atoms with van der Waals surface area (Å²) in [7, 11) is 0. The fourth-order valence-corrected chi connectivity index (χ4v) is 2.40. The average Bonchev–Trinajstić information content (AvgIpc) is 2.42. The minimum absolute atomic E-state index is 0.666. The van der Waals surface area contributed by atoms with Gasteiger partial charge in [-0.2, -0.15) is 0 Å². The number of hydrogen-bond donors (Lipinski definition) is 0. The van der Waals surface area contributed by atoms with Crippen LogP contribution in [0.2, 0.25) is 0 Å². The molecule has 116 valence electrons. The number of rotatable bonds is 9. The summed E-state index contributed by atoms with van der Waals surface area (Å²) < 4.78 is 0. The molecule has 0 bridgehead atoms. The van der Waals surface area contributed by atoms with Crippen LogP contribution in [0.5, 0.6) is 0 Å². The lowest BCUT2D eigenvalue weighted by atomic mass is 9.85. The first-order valence-electron chi connectivity index (χ1n) is 8.42. The molecule has 3 unspecified atom stereocenters. The molecule has 0 nitrogen and oxygen atoms in total. The zero-order valence-corrected chi connectivity index (χ0v) is 14.8. The lowest BCUT2D eigenvalue weighted by molar-refractivity contribution is 0.387. The molecule has 20 heavy (non-hydrogen) atoms. The summed E-state index contributed by atoms with van der Waals surface area (Å²) in [6.45, 7) is 16.0. The third-order valence-electron chi connectivity index (χ3n) is 4.30. The van der Waals surface area contributed by atoms with Gasteiger partial charge in [-0.3, -0.25) is 0 Å². The van der Waals surface area contributed by atoms with Gasteiger partial charge in [0.25, 0.3) is 0 Å². The van der Waals surface area contributed by atoms with Crippen LogP contribution in [0.15, 0.2) is 36.0 Å². The Hall–Kier alpha value is -0.780. The normalized spacial score (nSPS) is 18.1. The molecule has 0 heteroatoms. The van der Waals surface area contributed by atoms with Gasteiger partial charge in [0.1, 0.15) is 0 Å². The SMILES string of the molecule is C/C=C\C=C(/CC)C(C)CCC(C)C(C)/C=C\C(C)C. The fraction of sp³-hybridized carbons (Fsp3) is 0.700. The fourth-order valence-electron chi connectivity index (χ4n) is 2.40. The Balaban J connectivity index is 4.31. The highest BCUT2D eigenvalue weighted by Crippen LogP contribution is 2.26. The molecule has 0 aliphatic heterocycles. The van der Waals surface area contributed by atoms with Crippen molar-refractivity contribution in [3.8, 4) is 0 Å². The molecule has 0 aliphatic rings. The van der Waals surface area contributed by atoms with Crippen LogP contribution in [0.4, 0.5) is 0 Å². The van der Waals surface area contributed by atoms with E-state index in [9.17, 15) is 0 Å². The summed E-state index contributed by atoms with van der Waals surface area (Å²) in [5.74, 6) is 2.83. The van der Waals surface area contributed by atoms with Crippen molar-refractivity contribution in [2.45, 2.75) is 67.7 Å². The quantitative estimate of drug-likeness (QED) is 0.321. The van der Waals surface area contributed by atoms with Gasteiger partial charge in [0.2, 0.25) is 0 Å². The highest BCUT2D eigenvalue weighted by molar-refractivity contribution is 5.14. The molecule has 0 rings (SSSR count). The molecular formula is C20H36. The van der Waals surface area contributed by atoms with E-state index in [-0.39, 0.29) is 0 Å². The highest BCUT2D eigenvalue weighted by atomic mass is 14.2. The first-order chi connectivity index (χ1) is 9.42. The zero-order valence-electron chi connectivity index (χ0n) is 14.8. The first kappa shape index (κ1) is 19.2. The van der Waals surface area contributed by atoms with E-state index in [1.54, 1.807) is 5.57 Å². The van der Waals surface area contributed by atoms with Crippen LogP contribution in [0, 0.1) is 23.7 Å². The maximum absolute atomic E-state index is 2.40. The van der Waals surface area contributed by atoms with Gasteiger partial charge in [-0.05, 0) is 49.9 Å². The van der Waals surface area contributed by atoms with E-state index >= 15 is 0 Å². The summed E-state index contributed by atoms with van der Waals surface area (Å²) in [6.07, 6.45) is 15.1. The van der Waals surface area contributed by atoms with Crippen molar-refractivity contribution in [3.63, 3.8) is 0 Å². The van der Waals surface area contributed by atoms with Crippen molar-refractivity contribution in [2.75, 3.05) is 0 Å². The molecule has 0 N–H and O–H groups in total. The molecule has 0 aromatic heterocycles. The monoisotopic (exact) mass is 276 g/mol. The van der Waals surface area contributed by atoms with E-state index < -0.39 is 0 Å². The Labute approximate surface area is 128 Å². The largest absolute Gasteiger partial charge is 0.0877 e. The molecule has 0 aromatic rings. The number of allylic oxidation sites excluding steroid dienone is 6. The molecule has 0 spiro atoms. The first-order valence-corrected chi connectivity index (χ1v) is 8.42. The molecule has 0 aliphatic carbocycles. The summed E-state index contributed by atoms with van der Waals surface area (Å²) in [5, 5.41) is 0. The second kappa shape index (κ2) is 10.9. The second-order valence-corrected chi connectivity index (χ2v) is 6.56. The third-order valence-corrected chi connectivity index (χ3v) is 4.30. The molecule has 3 atom stereocenters. The van der Waals surface area contributed by atoms with E-state index in [4.69, 9.17) is 0 Å². The van der Waals surface area contributed by atoms with Crippen LogP contribution in [0.3, 0.4) is 0 Å². The van der Waals surface area contributed by atoms with Crippen LogP contribution >= 0.6 is 0 Å². The van der Waals surface area contributed by atoms with Gasteiger partial charge in [-0.1, -0.05) is 77.5 Å². The van der Waals surface area contributed by atoms with Crippen LogP contribution in [0.1, 0.15) is 67.7 Å². The maximum atomic E-state index is 2.40. The summed E-state index contributed by atoms with van der Waals surface area (Å²) in [6, 6.07) is 0. The summed E-state index contributed by atoms with van der Waals surface area (Å²) >= 11 is 0. The van der Waals surface area contributed by atoms with Gasteiger partial charge >= 0.3 is 0 Å². The van der Waals surface area contributed by atoms with Gasteiger partial charge in [-0.25, -0.2) is 0 Å². The van der Waals surface area contributed by atoms with E-state index in [0.717, 1.165) is 5.92 Å². The van der Waals surface area contributed by atoms with Crippen LogP contribution in [-0.2, 0) is 0 Å². The Kier molecular flexibility index (Phi) is 10.5. The van der Waals surface area contributed by atoms with Gasteiger partial charge in [0.05, 0.1) is 0 Å². The van der Waals surface area contributed by atoms with E-state index in [1.165, 1.54) is 19.3 Å². The van der Waals surface area contributed by atoms with Crippen molar-refractivity contribution < 1.29 is 0 Å². The Bertz CT molecular complexity index is 317. The second-order valence-electron chi connectivity index (χ2n) is 6.56. The van der Waals surface area contributed by atoms with Crippen molar-refractivity contribution in [1.29, 1.82) is 0 Å². The van der Waals surface area contributed by atoms with Gasteiger partial charge in [-0.15, -0.1) is 0 Å². The maximum Gasteiger partial charge on any atom is -0.0229 e. The predicted molar refractivity (Wildman–Crippen MR) is 93.9 cm³/mol. The molecule has 0 saturated heterocycles. The van der Waals surface area contributed by atoms with Crippen molar-refractivity contribution in [2.24, 2.45) is 23.7 Å². The van der Waals surface area contributed by atoms with Crippen molar-refractivity contribution in [1.82, 2.24) is 0 Å². The Morgan fingerprint density at radius 2 is 1.60 bits per heavy atom.